The van der Waals surface area contributed by atoms with E-state index in [2.05, 4.69) is 0 Å². The fourth-order valence-electron chi connectivity index (χ4n) is 1.42. The summed E-state index contributed by atoms with van der Waals surface area (Å²) >= 11 is 0. The van der Waals surface area contributed by atoms with Crippen LogP contribution in [-0.4, -0.2) is 18.2 Å². The van der Waals surface area contributed by atoms with Gasteiger partial charge in [-0.2, -0.15) is 0 Å². The van der Waals surface area contributed by atoms with Crippen molar-refractivity contribution >= 4 is 5.97 Å². The molecule has 5 heteroatoms. The third kappa shape index (κ3) is 3.18. The normalized spacial score (nSPS) is 10.2. The van der Waals surface area contributed by atoms with Crippen LogP contribution < -0.4 is 4.74 Å². The summed E-state index contributed by atoms with van der Waals surface area (Å²) in [6, 6.07) is 1.85. The second-order valence-electron chi connectivity index (χ2n) is 3.32. The van der Waals surface area contributed by atoms with E-state index in [-0.39, 0.29) is 30.6 Å². The summed E-state index contributed by atoms with van der Waals surface area (Å²) in [5, 5.41) is 8.45. The highest BCUT2D eigenvalue weighted by Gasteiger charge is 2.12. The molecular weight excluding hydrogens is 218 g/mol. The van der Waals surface area contributed by atoms with Gasteiger partial charge >= 0.3 is 5.97 Å². The molecule has 1 rings (SSSR count). The quantitative estimate of drug-likeness (QED) is 0.844. The Morgan fingerprint density at radius 2 is 2.12 bits per heavy atom. The molecule has 0 amide bonds. The molecule has 0 heterocycles. The van der Waals surface area contributed by atoms with Gasteiger partial charge in [-0.1, -0.05) is 0 Å². The summed E-state index contributed by atoms with van der Waals surface area (Å²) in [5.41, 5.74) is 0.213. The standard InChI is InChI=1S/C11H12F2O3/c1-16-10-6-7(12)5-9(13)8(10)3-2-4-11(14)15/h5-6H,2-4H2,1H3,(H,14,15). The van der Waals surface area contributed by atoms with Crippen LogP contribution in [0.4, 0.5) is 8.78 Å². The first-order valence-electron chi connectivity index (χ1n) is 4.78. The first-order chi connectivity index (χ1) is 7.54. The summed E-state index contributed by atoms with van der Waals surface area (Å²) in [6.45, 7) is 0. The van der Waals surface area contributed by atoms with Crippen LogP contribution in [0.5, 0.6) is 5.75 Å². The van der Waals surface area contributed by atoms with Crippen LogP contribution in [0.1, 0.15) is 18.4 Å². The molecule has 16 heavy (non-hydrogen) atoms. The number of hydrogen-bond acceptors (Lipinski definition) is 2. The molecule has 88 valence electrons. The molecule has 0 bridgehead atoms. The molecule has 0 atom stereocenters. The largest absolute Gasteiger partial charge is 0.496 e. The zero-order valence-corrected chi connectivity index (χ0v) is 8.80. The molecule has 0 spiro atoms. The number of benzene rings is 1. The van der Waals surface area contributed by atoms with Gasteiger partial charge in [0.1, 0.15) is 17.4 Å². The Hall–Kier alpha value is -1.65. The van der Waals surface area contributed by atoms with Gasteiger partial charge in [0.25, 0.3) is 0 Å². The van der Waals surface area contributed by atoms with E-state index >= 15 is 0 Å². The fourth-order valence-corrected chi connectivity index (χ4v) is 1.42. The Balaban J connectivity index is 2.81. The van der Waals surface area contributed by atoms with Crippen LogP contribution in [0.15, 0.2) is 12.1 Å². The summed E-state index contributed by atoms with van der Waals surface area (Å²) in [7, 11) is 1.31. The van der Waals surface area contributed by atoms with Crippen molar-refractivity contribution < 1.29 is 23.4 Å². The van der Waals surface area contributed by atoms with Gasteiger partial charge in [0.2, 0.25) is 0 Å². The lowest BCUT2D eigenvalue weighted by molar-refractivity contribution is -0.137. The van der Waals surface area contributed by atoms with E-state index in [1.165, 1.54) is 7.11 Å². The summed E-state index contributed by atoms with van der Waals surface area (Å²) in [5.74, 6) is -2.25. The predicted molar refractivity (Wildman–Crippen MR) is 53.5 cm³/mol. The molecule has 0 radical (unpaired) electrons. The van der Waals surface area contributed by atoms with Crippen molar-refractivity contribution in [3.63, 3.8) is 0 Å². The van der Waals surface area contributed by atoms with Crippen molar-refractivity contribution in [1.29, 1.82) is 0 Å². The molecule has 0 fully saturated rings. The van der Waals surface area contributed by atoms with Gasteiger partial charge in [0.05, 0.1) is 7.11 Å². The van der Waals surface area contributed by atoms with E-state index in [0.29, 0.717) is 0 Å². The minimum Gasteiger partial charge on any atom is -0.496 e. The highest BCUT2D eigenvalue weighted by molar-refractivity contribution is 5.66. The lowest BCUT2D eigenvalue weighted by atomic mass is 10.1. The highest BCUT2D eigenvalue weighted by Crippen LogP contribution is 2.24. The number of carboxylic acids is 1. The van der Waals surface area contributed by atoms with Gasteiger partial charge in [-0.3, -0.25) is 4.79 Å². The number of carboxylic acid groups (broad SMARTS) is 1. The number of carbonyl (C=O) groups is 1. The Morgan fingerprint density at radius 1 is 1.44 bits per heavy atom. The average molecular weight is 230 g/mol. The Labute approximate surface area is 91.7 Å². The van der Waals surface area contributed by atoms with E-state index in [1.54, 1.807) is 0 Å². The highest BCUT2D eigenvalue weighted by atomic mass is 19.1. The van der Waals surface area contributed by atoms with Crippen LogP contribution in [-0.2, 0) is 11.2 Å². The van der Waals surface area contributed by atoms with Crippen LogP contribution in [0.25, 0.3) is 0 Å². The van der Waals surface area contributed by atoms with Gasteiger partial charge in [-0.25, -0.2) is 8.78 Å². The van der Waals surface area contributed by atoms with E-state index < -0.39 is 17.6 Å². The number of aliphatic carboxylic acids is 1. The smallest absolute Gasteiger partial charge is 0.303 e. The van der Waals surface area contributed by atoms with Gasteiger partial charge in [-0.15, -0.1) is 0 Å². The van der Waals surface area contributed by atoms with Gasteiger partial charge in [0.15, 0.2) is 0 Å². The second kappa shape index (κ2) is 5.44. The Kier molecular flexibility index (Phi) is 4.22. The number of hydrogen-bond donors (Lipinski definition) is 1. The first kappa shape index (κ1) is 12.4. The van der Waals surface area contributed by atoms with Crippen molar-refractivity contribution in [2.45, 2.75) is 19.3 Å². The molecule has 0 aliphatic heterocycles. The molecule has 0 unspecified atom stereocenters. The fraction of sp³-hybridized carbons (Fsp3) is 0.364. The monoisotopic (exact) mass is 230 g/mol. The van der Waals surface area contributed by atoms with Crippen LogP contribution in [0.3, 0.4) is 0 Å². The van der Waals surface area contributed by atoms with E-state index in [9.17, 15) is 13.6 Å². The molecule has 0 aromatic heterocycles. The molecule has 0 saturated carbocycles. The summed E-state index contributed by atoms with van der Waals surface area (Å²) in [4.78, 5) is 10.3. The third-order valence-corrected chi connectivity index (χ3v) is 2.16. The number of halogens is 2. The Morgan fingerprint density at radius 3 is 2.69 bits per heavy atom. The lowest BCUT2D eigenvalue weighted by Crippen LogP contribution is -2.01. The van der Waals surface area contributed by atoms with Crippen molar-refractivity contribution in [2.75, 3.05) is 7.11 Å². The van der Waals surface area contributed by atoms with Crippen LogP contribution in [0, 0.1) is 11.6 Å². The van der Waals surface area contributed by atoms with E-state index in [4.69, 9.17) is 9.84 Å². The number of rotatable bonds is 5. The molecule has 0 saturated heterocycles. The van der Waals surface area contributed by atoms with Gasteiger partial charge in [-0.05, 0) is 12.8 Å². The minimum absolute atomic E-state index is 0.0556. The van der Waals surface area contributed by atoms with Crippen molar-refractivity contribution in [3.8, 4) is 5.75 Å². The van der Waals surface area contributed by atoms with Crippen molar-refractivity contribution in [2.24, 2.45) is 0 Å². The van der Waals surface area contributed by atoms with Gasteiger partial charge < -0.3 is 9.84 Å². The summed E-state index contributed by atoms with van der Waals surface area (Å²) in [6.07, 6.45) is 0.440. The zero-order chi connectivity index (χ0) is 12.1. The molecule has 0 aliphatic carbocycles. The number of ether oxygens (including phenoxy) is 1. The van der Waals surface area contributed by atoms with Crippen molar-refractivity contribution in [1.82, 2.24) is 0 Å². The predicted octanol–water partition coefficient (Wildman–Crippen LogP) is 2.38. The van der Waals surface area contributed by atoms with Gasteiger partial charge in [0, 0.05) is 24.1 Å². The SMILES string of the molecule is COc1cc(F)cc(F)c1CCCC(=O)O. The zero-order valence-electron chi connectivity index (χ0n) is 8.80. The molecule has 3 nitrogen and oxygen atoms in total. The maximum atomic E-state index is 13.4. The van der Waals surface area contributed by atoms with E-state index in [1.807, 2.05) is 0 Å². The molecule has 1 aromatic carbocycles. The maximum Gasteiger partial charge on any atom is 0.303 e. The van der Waals surface area contributed by atoms with E-state index in [0.717, 1.165) is 12.1 Å². The molecule has 1 aromatic rings. The lowest BCUT2D eigenvalue weighted by Gasteiger charge is -2.09. The Bertz CT molecular complexity index is 391. The van der Waals surface area contributed by atoms with Crippen LogP contribution >= 0.6 is 0 Å². The van der Waals surface area contributed by atoms with Crippen LogP contribution in [0.2, 0.25) is 0 Å². The summed E-state index contributed by atoms with van der Waals surface area (Å²) < 4.78 is 31.0. The topological polar surface area (TPSA) is 46.5 Å². The third-order valence-electron chi connectivity index (χ3n) is 2.16. The minimum atomic E-state index is -0.943. The molecule has 1 N–H and O–H groups in total. The average Bonchev–Trinajstić information content (AvgIpc) is 2.20. The van der Waals surface area contributed by atoms with Crippen molar-refractivity contribution in [3.05, 3.63) is 29.3 Å². The molecular formula is C11H12F2O3. The molecule has 0 aliphatic rings. The first-order valence-corrected chi connectivity index (χ1v) is 4.78. The number of methoxy groups -OCH3 is 1. The maximum absolute atomic E-state index is 13.4. The second-order valence-corrected chi connectivity index (χ2v) is 3.32.